The third-order valence-electron chi connectivity index (χ3n) is 4.50. The zero-order valence-corrected chi connectivity index (χ0v) is 15.6. The number of anilines is 1. The Labute approximate surface area is 148 Å². The molecule has 0 unspecified atom stereocenters. The predicted molar refractivity (Wildman–Crippen MR) is 98.8 cm³/mol. The highest BCUT2D eigenvalue weighted by Crippen LogP contribution is 2.30. The highest BCUT2D eigenvalue weighted by atomic mass is 32.2. The first kappa shape index (κ1) is 19.0. The summed E-state index contributed by atoms with van der Waals surface area (Å²) in [6.45, 7) is 7.46. The van der Waals surface area contributed by atoms with E-state index in [1.807, 2.05) is 26.0 Å². The number of hydrogen-bond donors (Lipinski definition) is 2. The maximum atomic E-state index is 12.9. The summed E-state index contributed by atoms with van der Waals surface area (Å²) in [6.07, 6.45) is 0.880. The average molecular weight is 361 g/mol. The van der Waals surface area contributed by atoms with Gasteiger partial charge in [-0.05, 0) is 61.1 Å². The lowest BCUT2D eigenvalue weighted by Gasteiger charge is -2.18. The Morgan fingerprint density at radius 3 is 2.44 bits per heavy atom. The van der Waals surface area contributed by atoms with E-state index < -0.39 is 16.0 Å². The van der Waals surface area contributed by atoms with Crippen molar-refractivity contribution in [2.75, 3.05) is 4.72 Å². The van der Waals surface area contributed by atoms with E-state index >= 15 is 0 Å². The van der Waals surface area contributed by atoms with Crippen LogP contribution < -0.4 is 4.72 Å². The largest absolute Gasteiger partial charge is 0.478 e. The molecule has 0 aromatic heterocycles. The highest BCUT2D eigenvalue weighted by molar-refractivity contribution is 7.92. The van der Waals surface area contributed by atoms with Gasteiger partial charge in [-0.2, -0.15) is 0 Å². The molecule has 0 aliphatic heterocycles. The van der Waals surface area contributed by atoms with Crippen LogP contribution in [0.15, 0.2) is 41.3 Å². The summed E-state index contributed by atoms with van der Waals surface area (Å²) < 4.78 is 28.4. The third-order valence-corrected chi connectivity index (χ3v) is 6.00. The maximum Gasteiger partial charge on any atom is 0.335 e. The summed E-state index contributed by atoms with van der Waals surface area (Å²) in [5, 5.41) is 9.21. The van der Waals surface area contributed by atoms with E-state index in [0.29, 0.717) is 16.8 Å². The van der Waals surface area contributed by atoms with Crippen LogP contribution in [0.25, 0.3) is 0 Å². The molecule has 0 saturated carbocycles. The fourth-order valence-electron chi connectivity index (χ4n) is 2.67. The molecule has 0 saturated heterocycles. The SMILES string of the molecule is CC[C@@H](C)c1ccccc1NS(=O)(=O)c1cc(C(=O)O)cc(C)c1C. The van der Waals surface area contributed by atoms with Crippen LogP contribution in [0.4, 0.5) is 5.69 Å². The van der Waals surface area contributed by atoms with Gasteiger partial charge in [-0.3, -0.25) is 4.72 Å². The Bertz CT molecular complexity index is 904. The Balaban J connectivity index is 2.53. The van der Waals surface area contributed by atoms with E-state index in [4.69, 9.17) is 0 Å². The van der Waals surface area contributed by atoms with Crippen LogP contribution in [0.5, 0.6) is 0 Å². The number of hydrogen-bond acceptors (Lipinski definition) is 3. The molecule has 2 N–H and O–H groups in total. The zero-order chi connectivity index (χ0) is 18.8. The first-order chi connectivity index (χ1) is 11.7. The maximum absolute atomic E-state index is 12.9. The Morgan fingerprint density at radius 2 is 1.84 bits per heavy atom. The van der Waals surface area contributed by atoms with Crippen molar-refractivity contribution < 1.29 is 18.3 Å². The number of carbonyl (C=O) groups is 1. The number of nitrogens with one attached hydrogen (secondary N) is 1. The number of aromatic carboxylic acids is 1. The van der Waals surface area contributed by atoms with Crippen molar-refractivity contribution in [2.45, 2.75) is 44.9 Å². The van der Waals surface area contributed by atoms with E-state index in [0.717, 1.165) is 12.0 Å². The molecule has 0 heterocycles. The van der Waals surface area contributed by atoms with Gasteiger partial charge >= 0.3 is 5.97 Å². The van der Waals surface area contributed by atoms with Crippen LogP contribution in [0, 0.1) is 13.8 Å². The topological polar surface area (TPSA) is 83.5 Å². The molecule has 6 heteroatoms. The molecule has 25 heavy (non-hydrogen) atoms. The van der Waals surface area contributed by atoms with Gasteiger partial charge in [0.05, 0.1) is 16.1 Å². The number of benzene rings is 2. The van der Waals surface area contributed by atoms with Crippen LogP contribution in [-0.4, -0.2) is 19.5 Å². The van der Waals surface area contributed by atoms with Crippen molar-refractivity contribution in [3.05, 3.63) is 58.7 Å². The van der Waals surface area contributed by atoms with Crippen LogP contribution in [0.3, 0.4) is 0 Å². The van der Waals surface area contributed by atoms with Crippen molar-refractivity contribution in [3.8, 4) is 0 Å². The molecule has 2 aromatic rings. The van der Waals surface area contributed by atoms with Crippen LogP contribution in [0.2, 0.25) is 0 Å². The fourth-order valence-corrected chi connectivity index (χ4v) is 4.10. The predicted octanol–water partition coefficient (Wildman–Crippen LogP) is 4.32. The van der Waals surface area contributed by atoms with Crippen molar-refractivity contribution >= 4 is 21.7 Å². The summed E-state index contributed by atoms with van der Waals surface area (Å²) in [4.78, 5) is 11.3. The molecule has 0 amide bonds. The summed E-state index contributed by atoms with van der Waals surface area (Å²) in [6, 6.07) is 9.96. The second kappa shape index (κ2) is 7.27. The molecule has 1 atom stereocenters. The Morgan fingerprint density at radius 1 is 1.20 bits per heavy atom. The van der Waals surface area contributed by atoms with Crippen molar-refractivity contribution in [1.82, 2.24) is 0 Å². The first-order valence-electron chi connectivity index (χ1n) is 8.13. The molecular weight excluding hydrogens is 338 g/mol. The Kier molecular flexibility index (Phi) is 5.52. The summed E-state index contributed by atoms with van der Waals surface area (Å²) in [5.41, 5.74) is 2.56. The monoisotopic (exact) mass is 361 g/mol. The van der Waals surface area contributed by atoms with E-state index in [1.54, 1.807) is 26.0 Å². The number of carboxylic acids is 1. The Hall–Kier alpha value is -2.34. The molecule has 0 spiro atoms. The van der Waals surface area contributed by atoms with Gasteiger partial charge in [0, 0.05) is 0 Å². The van der Waals surface area contributed by atoms with E-state index in [-0.39, 0.29) is 16.4 Å². The lowest BCUT2D eigenvalue weighted by molar-refractivity contribution is 0.0696. The van der Waals surface area contributed by atoms with Gasteiger partial charge in [0.25, 0.3) is 10.0 Å². The molecule has 0 fully saturated rings. The summed E-state index contributed by atoms with van der Waals surface area (Å²) >= 11 is 0. The lowest BCUT2D eigenvalue weighted by Crippen LogP contribution is -2.17. The van der Waals surface area contributed by atoms with Crippen LogP contribution in [0.1, 0.15) is 53.2 Å². The van der Waals surface area contributed by atoms with Crippen LogP contribution in [-0.2, 0) is 10.0 Å². The van der Waals surface area contributed by atoms with Crippen molar-refractivity contribution in [2.24, 2.45) is 0 Å². The molecule has 0 aliphatic rings. The van der Waals surface area contributed by atoms with Gasteiger partial charge in [0.15, 0.2) is 0 Å². The minimum atomic E-state index is -3.90. The number of aryl methyl sites for hydroxylation is 1. The molecule has 0 bridgehead atoms. The molecular formula is C19H23NO4S. The summed E-state index contributed by atoms with van der Waals surface area (Å²) in [5.74, 6) is -0.952. The highest BCUT2D eigenvalue weighted by Gasteiger charge is 2.22. The molecule has 134 valence electrons. The van der Waals surface area contributed by atoms with Gasteiger partial charge in [0.1, 0.15) is 0 Å². The summed E-state index contributed by atoms with van der Waals surface area (Å²) in [7, 11) is -3.90. The van der Waals surface area contributed by atoms with Gasteiger partial charge in [-0.25, -0.2) is 13.2 Å². The molecule has 2 rings (SSSR count). The number of rotatable bonds is 6. The van der Waals surface area contributed by atoms with E-state index in [1.165, 1.54) is 12.1 Å². The molecule has 0 radical (unpaired) electrons. The standard InChI is InChI=1S/C19H23NO4S/c1-5-12(2)16-8-6-7-9-17(16)20-25(23,24)18-11-15(19(21)22)10-13(3)14(18)4/h6-12,20H,5H2,1-4H3,(H,21,22)/t12-/m1/s1. The first-order valence-corrected chi connectivity index (χ1v) is 9.62. The molecule has 0 aliphatic carbocycles. The number of sulfonamides is 1. The minimum absolute atomic E-state index is 0.0103. The third kappa shape index (κ3) is 4.02. The van der Waals surface area contributed by atoms with Gasteiger partial charge < -0.3 is 5.11 Å². The van der Waals surface area contributed by atoms with Gasteiger partial charge in [0.2, 0.25) is 0 Å². The number of para-hydroxylation sites is 1. The van der Waals surface area contributed by atoms with Gasteiger partial charge in [-0.1, -0.05) is 32.0 Å². The fraction of sp³-hybridized carbons (Fsp3) is 0.316. The smallest absolute Gasteiger partial charge is 0.335 e. The van der Waals surface area contributed by atoms with Crippen LogP contribution >= 0.6 is 0 Å². The molecule has 2 aromatic carbocycles. The molecule has 5 nitrogen and oxygen atoms in total. The lowest BCUT2D eigenvalue weighted by atomic mass is 9.97. The van der Waals surface area contributed by atoms with E-state index in [9.17, 15) is 18.3 Å². The minimum Gasteiger partial charge on any atom is -0.478 e. The second-order valence-corrected chi connectivity index (χ2v) is 7.87. The second-order valence-electron chi connectivity index (χ2n) is 6.22. The van der Waals surface area contributed by atoms with E-state index in [2.05, 4.69) is 4.72 Å². The quantitative estimate of drug-likeness (QED) is 0.803. The normalized spacial score (nSPS) is 12.6. The van der Waals surface area contributed by atoms with Crippen molar-refractivity contribution in [1.29, 1.82) is 0 Å². The number of carboxylic acid groups (broad SMARTS) is 1. The van der Waals surface area contributed by atoms with Crippen molar-refractivity contribution in [3.63, 3.8) is 0 Å². The zero-order valence-electron chi connectivity index (χ0n) is 14.8. The van der Waals surface area contributed by atoms with Gasteiger partial charge in [-0.15, -0.1) is 0 Å². The average Bonchev–Trinajstić information content (AvgIpc) is 2.56.